The van der Waals surface area contributed by atoms with E-state index in [1.807, 2.05) is 30.5 Å². The number of aromatic amines is 1. The summed E-state index contributed by atoms with van der Waals surface area (Å²) in [5.41, 5.74) is 2.29. The molecule has 1 atom stereocenters. The molecule has 2 aromatic heterocycles. The number of likely N-dealkylation sites (tertiary alicyclic amines) is 1. The fourth-order valence-electron chi connectivity index (χ4n) is 3.58. The Bertz CT molecular complexity index is 890. The number of nitrogens with zero attached hydrogens (tertiary/aromatic N) is 3. The molecule has 1 aliphatic heterocycles. The highest BCUT2D eigenvalue weighted by Crippen LogP contribution is 2.28. The van der Waals surface area contributed by atoms with Crippen LogP contribution in [0.25, 0.3) is 0 Å². The zero-order valence-electron chi connectivity index (χ0n) is 16.4. The molecule has 7 heteroatoms. The molecule has 3 heterocycles. The van der Waals surface area contributed by atoms with Gasteiger partial charge in [-0.05, 0) is 50.2 Å². The highest BCUT2D eigenvalue weighted by atomic mass is 32.1. The van der Waals surface area contributed by atoms with Crippen molar-refractivity contribution in [1.82, 2.24) is 20.1 Å². The van der Waals surface area contributed by atoms with E-state index in [9.17, 15) is 0 Å². The van der Waals surface area contributed by atoms with Crippen LogP contribution >= 0.6 is 11.3 Å². The van der Waals surface area contributed by atoms with Gasteiger partial charge in [-0.3, -0.25) is 10.00 Å². The molecule has 1 aromatic carbocycles. The van der Waals surface area contributed by atoms with Crippen molar-refractivity contribution in [2.45, 2.75) is 32.2 Å². The van der Waals surface area contributed by atoms with E-state index in [0.29, 0.717) is 12.5 Å². The Morgan fingerprint density at radius 1 is 1.25 bits per heavy atom. The van der Waals surface area contributed by atoms with Gasteiger partial charge in [-0.2, -0.15) is 5.10 Å². The first-order valence-electron chi connectivity index (χ1n) is 9.64. The molecule has 148 valence electrons. The van der Waals surface area contributed by atoms with Crippen molar-refractivity contribution in [3.05, 3.63) is 57.8 Å². The SMILES string of the molecule is COc1ccc(OCCc2cc(C3CCN(Cc4cnc(C)s4)C3)n[nH]2)cc1. The predicted molar refractivity (Wildman–Crippen MR) is 110 cm³/mol. The number of nitrogens with one attached hydrogen (secondary N) is 1. The Kier molecular flexibility index (Phi) is 5.92. The van der Waals surface area contributed by atoms with Crippen molar-refractivity contribution in [3.63, 3.8) is 0 Å². The minimum atomic E-state index is 0.501. The minimum absolute atomic E-state index is 0.501. The molecule has 0 spiro atoms. The van der Waals surface area contributed by atoms with Gasteiger partial charge in [0.15, 0.2) is 0 Å². The summed E-state index contributed by atoms with van der Waals surface area (Å²) >= 11 is 1.79. The summed E-state index contributed by atoms with van der Waals surface area (Å²) in [4.78, 5) is 8.20. The number of H-pyrrole nitrogens is 1. The van der Waals surface area contributed by atoms with Crippen LogP contribution in [0.1, 0.15) is 33.6 Å². The van der Waals surface area contributed by atoms with Crippen LogP contribution in [0.4, 0.5) is 0 Å². The van der Waals surface area contributed by atoms with Gasteiger partial charge >= 0.3 is 0 Å². The molecule has 28 heavy (non-hydrogen) atoms. The maximum absolute atomic E-state index is 5.81. The second kappa shape index (κ2) is 8.75. The monoisotopic (exact) mass is 398 g/mol. The van der Waals surface area contributed by atoms with E-state index in [1.165, 1.54) is 10.6 Å². The molecule has 1 saturated heterocycles. The number of hydrogen-bond acceptors (Lipinski definition) is 6. The summed E-state index contributed by atoms with van der Waals surface area (Å²) in [6, 6.07) is 9.86. The van der Waals surface area contributed by atoms with E-state index in [4.69, 9.17) is 9.47 Å². The van der Waals surface area contributed by atoms with Crippen molar-refractivity contribution >= 4 is 11.3 Å². The lowest BCUT2D eigenvalue weighted by Crippen LogP contribution is -2.19. The lowest BCUT2D eigenvalue weighted by Gasteiger charge is -2.13. The van der Waals surface area contributed by atoms with E-state index in [0.717, 1.165) is 54.7 Å². The second-order valence-corrected chi connectivity index (χ2v) is 8.48. The molecule has 1 unspecified atom stereocenters. The Labute approximate surface area is 169 Å². The fourth-order valence-corrected chi connectivity index (χ4v) is 4.42. The predicted octanol–water partition coefficient (Wildman–Crippen LogP) is 3.79. The summed E-state index contributed by atoms with van der Waals surface area (Å²) in [5, 5.41) is 8.88. The first kappa shape index (κ1) is 19.0. The Morgan fingerprint density at radius 2 is 2.07 bits per heavy atom. The molecule has 1 N–H and O–H groups in total. The van der Waals surface area contributed by atoms with Gasteiger partial charge in [-0.15, -0.1) is 11.3 Å². The summed E-state index contributed by atoms with van der Waals surface area (Å²) in [6.07, 6.45) is 3.98. The molecular weight excluding hydrogens is 372 g/mol. The normalized spacial score (nSPS) is 17.1. The van der Waals surface area contributed by atoms with Crippen molar-refractivity contribution < 1.29 is 9.47 Å². The fraction of sp³-hybridized carbons (Fsp3) is 0.429. The number of benzene rings is 1. The van der Waals surface area contributed by atoms with E-state index in [-0.39, 0.29) is 0 Å². The number of ether oxygens (including phenoxy) is 2. The van der Waals surface area contributed by atoms with Crippen molar-refractivity contribution in [2.24, 2.45) is 0 Å². The molecule has 1 aliphatic rings. The third-order valence-corrected chi connectivity index (χ3v) is 5.99. The van der Waals surface area contributed by atoms with Gasteiger partial charge in [-0.25, -0.2) is 4.98 Å². The molecule has 0 aliphatic carbocycles. The minimum Gasteiger partial charge on any atom is -0.497 e. The largest absolute Gasteiger partial charge is 0.497 e. The second-order valence-electron chi connectivity index (χ2n) is 7.16. The number of thiazole rings is 1. The van der Waals surface area contributed by atoms with Crippen LogP contribution in [-0.2, 0) is 13.0 Å². The van der Waals surface area contributed by atoms with Crippen LogP contribution in [0.3, 0.4) is 0 Å². The first-order valence-corrected chi connectivity index (χ1v) is 10.5. The van der Waals surface area contributed by atoms with Crippen LogP contribution in [0, 0.1) is 6.92 Å². The molecule has 0 amide bonds. The Hall–Kier alpha value is -2.38. The summed E-state index contributed by atoms with van der Waals surface area (Å²) in [5.74, 6) is 2.19. The van der Waals surface area contributed by atoms with Gasteiger partial charge in [-0.1, -0.05) is 0 Å². The summed E-state index contributed by atoms with van der Waals surface area (Å²) < 4.78 is 11.0. The van der Waals surface area contributed by atoms with E-state index < -0.39 is 0 Å². The molecule has 1 fully saturated rings. The molecule has 4 rings (SSSR count). The summed E-state index contributed by atoms with van der Waals surface area (Å²) in [6.45, 7) is 5.85. The number of aryl methyl sites for hydroxylation is 1. The average molecular weight is 399 g/mol. The van der Waals surface area contributed by atoms with Crippen molar-refractivity contribution in [2.75, 3.05) is 26.8 Å². The zero-order valence-corrected chi connectivity index (χ0v) is 17.2. The maximum Gasteiger partial charge on any atom is 0.119 e. The highest BCUT2D eigenvalue weighted by molar-refractivity contribution is 7.11. The van der Waals surface area contributed by atoms with Crippen LogP contribution in [-0.4, -0.2) is 46.9 Å². The average Bonchev–Trinajstić information content (AvgIpc) is 3.44. The number of hydrogen-bond donors (Lipinski definition) is 1. The van der Waals surface area contributed by atoms with Gasteiger partial charge < -0.3 is 9.47 Å². The van der Waals surface area contributed by atoms with Gasteiger partial charge in [0.05, 0.1) is 24.4 Å². The van der Waals surface area contributed by atoms with Crippen LogP contribution in [0.15, 0.2) is 36.5 Å². The smallest absolute Gasteiger partial charge is 0.119 e. The molecule has 0 bridgehead atoms. The molecule has 6 nitrogen and oxygen atoms in total. The van der Waals surface area contributed by atoms with Crippen molar-refractivity contribution in [3.8, 4) is 11.5 Å². The topological polar surface area (TPSA) is 63.3 Å². The molecule has 0 radical (unpaired) electrons. The van der Waals surface area contributed by atoms with E-state index in [2.05, 4.69) is 33.1 Å². The van der Waals surface area contributed by atoms with E-state index >= 15 is 0 Å². The third kappa shape index (κ3) is 4.72. The number of methoxy groups -OCH3 is 1. The van der Waals surface area contributed by atoms with Crippen molar-refractivity contribution in [1.29, 1.82) is 0 Å². The lowest BCUT2D eigenvalue weighted by atomic mass is 10.0. The summed E-state index contributed by atoms with van der Waals surface area (Å²) in [7, 11) is 1.66. The van der Waals surface area contributed by atoms with E-state index in [1.54, 1.807) is 18.4 Å². The van der Waals surface area contributed by atoms with Gasteiger partial charge in [0, 0.05) is 42.2 Å². The highest BCUT2D eigenvalue weighted by Gasteiger charge is 2.26. The Morgan fingerprint density at radius 3 is 2.82 bits per heavy atom. The quantitative estimate of drug-likeness (QED) is 0.625. The lowest BCUT2D eigenvalue weighted by molar-refractivity contribution is 0.319. The van der Waals surface area contributed by atoms with Crippen LogP contribution in [0.5, 0.6) is 11.5 Å². The molecule has 3 aromatic rings. The molecular formula is C21H26N4O2S. The number of aromatic nitrogens is 3. The first-order chi connectivity index (χ1) is 13.7. The van der Waals surface area contributed by atoms with Gasteiger partial charge in [0.25, 0.3) is 0 Å². The maximum atomic E-state index is 5.81. The van der Waals surface area contributed by atoms with Crippen LogP contribution in [0.2, 0.25) is 0 Å². The Balaban J connectivity index is 1.24. The van der Waals surface area contributed by atoms with Gasteiger partial charge in [0.1, 0.15) is 11.5 Å². The molecule has 0 saturated carbocycles. The third-order valence-electron chi connectivity index (χ3n) is 5.09. The zero-order chi connectivity index (χ0) is 19.3. The standard InChI is InChI=1S/C21H26N4O2S/c1-15-22-12-20(28-15)14-25-9-7-16(13-25)21-11-17(23-24-21)8-10-27-19-5-3-18(26-2)4-6-19/h3-6,11-12,16H,7-10,13-14H2,1-2H3,(H,23,24). The van der Waals surface area contributed by atoms with Crippen LogP contribution < -0.4 is 9.47 Å². The number of rotatable bonds is 8. The van der Waals surface area contributed by atoms with Gasteiger partial charge in [0.2, 0.25) is 0 Å².